The van der Waals surface area contributed by atoms with Crippen LogP contribution in [0.15, 0.2) is 47.4 Å². The largest absolute Gasteiger partial charge is 0.379 e. The van der Waals surface area contributed by atoms with Crippen molar-refractivity contribution >= 4 is 17.7 Å². The Bertz CT molecular complexity index is 773. The molecule has 2 aromatic rings. The van der Waals surface area contributed by atoms with Crippen LogP contribution >= 0.6 is 11.8 Å². The predicted molar refractivity (Wildman–Crippen MR) is 111 cm³/mol. The average molecular weight is 385 g/mol. The topological polar surface area (TPSA) is 41.6 Å². The molecule has 27 heavy (non-hydrogen) atoms. The Kier molecular flexibility index (Phi) is 7.33. The second-order valence-electron chi connectivity index (χ2n) is 6.99. The second-order valence-corrected chi connectivity index (χ2v) is 8.01. The van der Waals surface area contributed by atoms with Gasteiger partial charge < -0.3 is 10.1 Å². The fraction of sp³-hybridized carbons (Fsp3) is 0.409. The summed E-state index contributed by atoms with van der Waals surface area (Å²) in [6.45, 7) is 9.18. The summed E-state index contributed by atoms with van der Waals surface area (Å²) >= 11 is 1.60. The number of thioether (sulfide) groups is 1. The van der Waals surface area contributed by atoms with Crippen LogP contribution in [0, 0.1) is 13.8 Å². The maximum atomic E-state index is 12.3. The summed E-state index contributed by atoms with van der Waals surface area (Å²) in [6, 6.07) is 14.7. The van der Waals surface area contributed by atoms with E-state index in [4.69, 9.17) is 4.74 Å². The van der Waals surface area contributed by atoms with Gasteiger partial charge in [0.05, 0.1) is 19.0 Å². The van der Waals surface area contributed by atoms with Crippen LogP contribution in [0.5, 0.6) is 0 Å². The zero-order valence-corrected chi connectivity index (χ0v) is 17.0. The van der Waals surface area contributed by atoms with Crippen LogP contribution in [0.3, 0.4) is 0 Å². The number of nitrogens with zero attached hydrogens (tertiary/aromatic N) is 1. The Hall–Kier alpha value is -1.82. The zero-order valence-electron chi connectivity index (χ0n) is 16.2. The molecule has 144 valence electrons. The molecular formula is C22H28N2O2S. The summed E-state index contributed by atoms with van der Waals surface area (Å²) in [5, 5.41) is 3.08. The Balaban J connectivity index is 1.52. The third-order valence-corrected chi connectivity index (χ3v) is 5.95. The highest BCUT2D eigenvalue weighted by Crippen LogP contribution is 2.23. The molecule has 1 heterocycles. The lowest BCUT2D eigenvalue weighted by atomic mass is 10.1. The first-order chi connectivity index (χ1) is 13.1. The van der Waals surface area contributed by atoms with Crippen LogP contribution in [0.4, 0.5) is 0 Å². The summed E-state index contributed by atoms with van der Waals surface area (Å²) in [5.41, 5.74) is 4.91. The number of benzene rings is 2. The number of rotatable bonds is 7. The number of ether oxygens (including phenoxy) is 1. The van der Waals surface area contributed by atoms with Gasteiger partial charge in [0.25, 0.3) is 0 Å². The fourth-order valence-corrected chi connectivity index (χ4v) is 4.09. The van der Waals surface area contributed by atoms with E-state index in [-0.39, 0.29) is 5.91 Å². The first-order valence-electron chi connectivity index (χ1n) is 9.45. The fourth-order valence-electron chi connectivity index (χ4n) is 3.14. The summed E-state index contributed by atoms with van der Waals surface area (Å²) in [5.74, 6) is 0.512. The lowest BCUT2D eigenvalue weighted by molar-refractivity contribution is -0.118. The minimum absolute atomic E-state index is 0.0714. The van der Waals surface area contributed by atoms with E-state index in [2.05, 4.69) is 60.5 Å². The molecule has 0 spiro atoms. The molecule has 0 aliphatic carbocycles. The number of hydrogen-bond acceptors (Lipinski definition) is 4. The quantitative estimate of drug-likeness (QED) is 0.742. The molecule has 5 heteroatoms. The van der Waals surface area contributed by atoms with Crippen molar-refractivity contribution < 1.29 is 9.53 Å². The summed E-state index contributed by atoms with van der Waals surface area (Å²) in [4.78, 5) is 15.9. The van der Waals surface area contributed by atoms with Crippen LogP contribution in [0.1, 0.15) is 22.3 Å². The lowest BCUT2D eigenvalue weighted by Gasteiger charge is -2.27. The average Bonchev–Trinajstić information content (AvgIpc) is 2.69. The molecule has 0 atom stereocenters. The van der Waals surface area contributed by atoms with E-state index < -0.39 is 0 Å². The van der Waals surface area contributed by atoms with Gasteiger partial charge in [0.15, 0.2) is 0 Å². The molecule has 0 radical (unpaired) electrons. The number of carbonyl (C=O) groups excluding carboxylic acids is 1. The van der Waals surface area contributed by atoms with Crippen molar-refractivity contribution in [1.29, 1.82) is 0 Å². The normalized spacial score (nSPS) is 14.9. The standard InChI is InChI=1S/C22H28N2O2S/c1-17-7-8-18(2)21(13-17)27-16-22(25)23-14-19-5-3-4-6-20(19)15-24-9-11-26-12-10-24/h3-8,13H,9-12,14-16H2,1-2H3,(H,23,25). The number of morpholine rings is 1. The van der Waals surface area contributed by atoms with Crippen LogP contribution < -0.4 is 5.32 Å². The highest BCUT2D eigenvalue weighted by atomic mass is 32.2. The molecule has 3 rings (SSSR count). The molecule has 2 aromatic carbocycles. The summed E-state index contributed by atoms with van der Waals surface area (Å²) in [6.07, 6.45) is 0. The number of amides is 1. The van der Waals surface area contributed by atoms with Crippen molar-refractivity contribution in [2.45, 2.75) is 31.8 Å². The Morgan fingerprint density at radius 1 is 1.11 bits per heavy atom. The Morgan fingerprint density at radius 3 is 2.63 bits per heavy atom. The molecule has 1 aliphatic heterocycles. The van der Waals surface area contributed by atoms with Crippen LogP contribution in [-0.2, 0) is 22.6 Å². The number of hydrogen-bond donors (Lipinski definition) is 1. The number of carbonyl (C=O) groups is 1. The first-order valence-corrected chi connectivity index (χ1v) is 10.4. The molecule has 1 N–H and O–H groups in total. The third-order valence-electron chi connectivity index (χ3n) is 4.79. The highest BCUT2D eigenvalue weighted by molar-refractivity contribution is 8.00. The third kappa shape index (κ3) is 6.09. The maximum absolute atomic E-state index is 12.3. The lowest BCUT2D eigenvalue weighted by Crippen LogP contribution is -2.36. The van der Waals surface area contributed by atoms with Crippen molar-refractivity contribution in [2.75, 3.05) is 32.1 Å². The molecule has 1 saturated heterocycles. The monoisotopic (exact) mass is 384 g/mol. The van der Waals surface area contributed by atoms with Crippen molar-refractivity contribution in [3.05, 3.63) is 64.7 Å². The van der Waals surface area contributed by atoms with Crippen LogP contribution in [0.2, 0.25) is 0 Å². The smallest absolute Gasteiger partial charge is 0.230 e. The van der Waals surface area contributed by atoms with Gasteiger partial charge in [-0.1, -0.05) is 42.0 Å². The second kappa shape index (κ2) is 9.93. The highest BCUT2D eigenvalue weighted by Gasteiger charge is 2.13. The van der Waals surface area contributed by atoms with Gasteiger partial charge in [0.2, 0.25) is 5.91 Å². The maximum Gasteiger partial charge on any atom is 0.230 e. The molecular weight excluding hydrogens is 356 g/mol. The van der Waals surface area contributed by atoms with Gasteiger partial charge in [-0.3, -0.25) is 9.69 Å². The Labute approximate surface area is 166 Å². The zero-order chi connectivity index (χ0) is 19.1. The van der Waals surface area contributed by atoms with Crippen molar-refractivity contribution in [1.82, 2.24) is 10.2 Å². The van der Waals surface area contributed by atoms with E-state index in [0.717, 1.165) is 32.8 Å². The summed E-state index contributed by atoms with van der Waals surface area (Å²) in [7, 11) is 0. The van der Waals surface area contributed by atoms with Gasteiger partial charge >= 0.3 is 0 Å². The molecule has 4 nitrogen and oxygen atoms in total. The van der Waals surface area contributed by atoms with E-state index in [9.17, 15) is 4.79 Å². The van der Waals surface area contributed by atoms with Gasteiger partial charge in [0.1, 0.15) is 0 Å². The minimum atomic E-state index is 0.0714. The van der Waals surface area contributed by atoms with Gasteiger partial charge in [-0.15, -0.1) is 11.8 Å². The van der Waals surface area contributed by atoms with E-state index in [0.29, 0.717) is 12.3 Å². The van der Waals surface area contributed by atoms with E-state index in [1.165, 1.54) is 27.1 Å². The van der Waals surface area contributed by atoms with E-state index in [1.54, 1.807) is 11.8 Å². The van der Waals surface area contributed by atoms with Crippen molar-refractivity contribution in [3.8, 4) is 0 Å². The predicted octanol–water partition coefficient (Wildman–Crippen LogP) is 3.54. The van der Waals surface area contributed by atoms with E-state index in [1.807, 2.05) is 6.07 Å². The molecule has 1 amide bonds. The van der Waals surface area contributed by atoms with Gasteiger partial charge in [-0.05, 0) is 36.6 Å². The Morgan fingerprint density at radius 2 is 1.85 bits per heavy atom. The molecule has 1 aliphatic rings. The van der Waals surface area contributed by atoms with Crippen LogP contribution in [0.25, 0.3) is 0 Å². The minimum Gasteiger partial charge on any atom is -0.379 e. The first kappa shape index (κ1) is 19.9. The van der Waals surface area contributed by atoms with Crippen molar-refractivity contribution in [3.63, 3.8) is 0 Å². The SMILES string of the molecule is Cc1ccc(C)c(SCC(=O)NCc2ccccc2CN2CCOCC2)c1. The number of nitrogens with one attached hydrogen (secondary N) is 1. The van der Waals surface area contributed by atoms with Crippen molar-refractivity contribution in [2.24, 2.45) is 0 Å². The van der Waals surface area contributed by atoms with Gasteiger partial charge in [0, 0.05) is 31.1 Å². The van der Waals surface area contributed by atoms with Gasteiger partial charge in [-0.2, -0.15) is 0 Å². The van der Waals surface area contributed by atoms with Crippen LogP contribution in [-0.4, -0.2) is 42.9 Å². The van der Waals surface area contributed by atoms with Gasteiger partial charge in [-0.25, -0.2) is 0 Å². The molecule has 0 saturated carbocycles. The molecule has 1 fully saturated rings. The van der Waals surface area contributed by atoms with E-state index >= 15 is 0 Å². The summed E-state index contributed by atoms with van der Waals surface area (Å²) < 4.78 is 5.42. The molecule has 0 unspecified atom stereocenters. The molecule has 0 bridgehead atoms. The molecule has 0 aromatic heterocycles. The number of aryl methyl sites for hydroxylation is 2.